The van der Waals surface area contributed by atoms with Gasteiger partial charge in [-0.1, -0.05) is 26.8 Å². The fraction of sp³-hybridized carbons (Fsp3) is 0.471. The van der Waals surface area contributed by atoms with E-state index in [1.807, 2.05) is 26.8 Å². The third-order valence-corrected chi connectivity index (χ3v) is 14.9. The number of benzene rings is 3. The number of pyridine rings is 1. The Morgan fingerprint density at radius 2 is 1.63 bits per heavy atom. The van der Waals surface area contributed by atoms with Crippen LogP contribution in [0.15, 0.2) is 48.7 Å². The van der Waals surface area contributed by atoms with Crippen LogP contribution in [0.1, 0.15) is 87.2 Å². The monoisotopic (exact) mass is 955 g/mol. The van der Waals surface area contributed by atoms with Crippen molar-refractivity contribution in [1.82, 2.24) is 30.1 Å². The van der Waals surface area contributed by atoms with Gasteiger partial charge in [0.1, 0.15) is 35.9 Å². The highest BCUT2D eigenvalue weighted by Crippen LogP contribution is 2.43. The second-order valence-electron chi connectivity index (χ2n) is 18.3. The highest BCUT2D eigenvalue weighted by Gasteiger charge is 2.30. The number of carbonyl (C=O) groups excluding carboxylic acids is 2. The Balaban J connectivity index is 0.966. The van der Waals surface area contributed by atoms with Crippen LogP contribution in [-0.2, 0) is 33.4 Å². The smallest absolute Gasteiger partial charge is 0.229 e. The highest BCUT2D eigenvalue weighted by molar-refractivity contribution is 7.71. The van der Waals surface area contributed by atoms with Gasteiger partial charge in [-0.2, -0.15) is 4.98 Å². The molecule has 2 aliphatic rings. The normalized spacial score (nSPS) is 15.6. The number of rotatable bonds is 19. The molecule has 2 aromatic heterocycles. The van der Waals surface area contributed by atoms with Gasteiger partial charge in [-0.3, -0.25) is 19.8 Å². The molecular formula is C51H65F3N9O4P. The summed E-state index contributed by atoms with van der Waals surface area (Å²) >= 11 is 0. The summed E-state index contributed by atoms with van der Waals surface area (Å²) in [7, 11) is -2.92. The maximum atomic E-state index is 15.6. The summed E-state index contributed by atoms with van der Waals surface area (Å²) in [6.07, 6.45) is 6.27. The van der Waals surface area contributed by atoms with Gasteiger partial charge in [0.2, 0.25) is 18.3 Å². The number of carbonyl (C=O) groups is 2. The number of piperidine rings is 1. The lowest BCUT2D eigenvalue weighted by Gasteiger charge is -2.43. The number of aryl methyl sites for hydroxylation is 3. The third kappa shape index (κ3) is 11.8. The van der Waals surface area contributed by atoms with Crippen LogP contribution in [0.2, 0.25) is 0 Å². The number of halogens is 3. The Kier molecular flexibility index (Phi) is 16.5. The zero-order chi connectivity index (χ0) is 48.7. The Morgan fingerprint density at radius 1 is 0.912 bits per heavy atom. The van der Waals surface area contributed by atoms with Crippen molar-refractivity contribution in [3.05, 3.63) is 94.1 Å². The zero-order valence-electron chi connectivity index (χ0n) is 40.4. The fourth-order valence-electron chi connectivity index (χ4n) is 9.59. The molecule has 2 amide bonds. The number of nitrogens with one attached hydrogen (secondary N) is 3. The summed E-state index contributed by atoms with van der Waals surface area (Å²) in [4.78, 5) is 43.5. The van der Waals surface area contributed by atoms with E-state index in [2.05, 4.69) is 59.7 Å². The second-order valence-corrected chi connectivity index (χ2v) is 21.5. The van der Waals surface area contributed by atoms with E-state index < -0.39 is 36.4 Å². The summed E-state index contributed by atoms with van der Waals surface area (Å²) < 4.78 is 65.8. The van der Waals surface area contributed by atoms with Crippen molar-refractivity contribution in [1.29, 1.82) is 0 Å². The molecule has 0 bridgehead atoms. The molecule has 2 saturated heterocycles. The van der Waals surface area contributed by atoms with Crippen LogP contribution in [-0.4, -0.2) is 109 Å². The number of ether oxygens (including phenoxy) is 1. The molecule has 3 aromatic carbocycles. The molecule has 5 aromatic rings. The number of imide groups is 1. The van der Waals surface area contributed by atoms with E-state index in [0.717, 1.165) is 86.7 Å². The van der Waals surface area contributed by atoms with Gasteiger partial charge in [0.05, 0.1) is 18.0 Å². The van der Waals surface area contributed by atoms with E-state index >= 15 is 13.2 Å². The summed E-state index contributed by atoms with van der Waals surface area (Å²) in [6, 6.07) is 12.5. The minimum Gasteiger partial charge on any atom is -0.492 e. The van der Waals surface area contributed by atoms with Crippen molar-refractivity contribution in [2.24, 2.45) is 0 Å². The van der Waals surface area contributed by atoms with Crippen molar-refractivity contribution >= 4 is 64.5 Å². The first-order chi connectivity index (χ1) is 32.6. The first kappa shape index (κ1) is 50.3. The van der Waals surface area contributed by atoms with Crippen molar-refractivity contribution in [2.75, 3.05) is 81.3 Å². The van der Waals surface area contributed by atoms with Crippen molar-refractivity contribution in [2.45, 2.75) is 91.5 Å². The van der Waals surface area contributed by atoms with E-state index in [4.69, 9.17) is 9.72 Å². The average Bonchev–Trinajstić information content (AvgIpc) is 3.31. The number of amides is 2. The first-order valence-electron chi connectivity index (χ1n) is 23.9. The van der Waals surface area contributed by atoms with Crippen LogP contribution in [0.25, 0.3) is 10.9 Å². The Bertz CT molecular complexity index is 2640. The number of fused-ring (bicyclic) bond motifs is 1. The molecule has 0 radical (unpaired) electrons. The predicted molar refractivity (Wildman–Crippen MR) is 266 cm³/mol. The molecule has 13 nitrogen and oxygen atoms in total. The molecule has 0 saturated carbocycles. The number of anilines is 5. The number of piperazine rings is 1. The third-order valence-electron chi connectivity index (χ3n) is 13.3. The van der Waals surface area contributed by atoms with Gasteiger partial charge in [0, 0.05) is 110 Å². The Morgan fingerprint density at radius 3 is 2.28 bits per heavy atom. The fourth-order valence-corrected chi connectivity index (χ4v) is 11.0. The molecular weight excluding hydrogens is 891 g/mol. The Hall–Kier alpha value is -5.57. The van der Waals surface area contributed by atoms with Crippen LogP contribution in [0, 0.1) is 24.4 Å². The minimum absolute atomic E-state index is 0.00665. The van der Waals surface area contributed by atoms with Crippen LogP contribution >= 0.6 is 7.14 Å². The van der Waals surface area contributed by atoms with Gasteiger partial charge in [-0.05, 0) is 107 Å². The van der Waals surface area contributed by atoms with E-state index in [9.17, 15) is 14.2 Å². The summed E-state index contributed by atoms with van der Waals surface area (Å²) in [5.41, 5.74) is 5.68. The van der Waals surface area contributed by atoms with Gasteiger partial charge in [-0.25, -0.2) is 23.1 Å². The first-order valence-corrected chi connectivity index (χ1v) is 26.5. The molecule has 3 N–H and O–H groups in total. The summed E-state index contributed by atoms with van der Waals surface area (Å²) in [5, 5.41) is 9.78. The number of aromatic nitrogens is 3. The molecule has 17 heteroatoms. The summed E-state index contributed by atoms with van der Waals surface area (Å²) in [6.45, 7) is 19.6. The van der Waals surface area contributed by atoms with E-state index in [1.165, 1.54) is 18.2 Å². The minimum atomic E-state index is -2.92. The van der Waals surface area contributed by atoms with Gasteiger partial charge in [0.15, 0.2) is 5.82 Å². The SMILES string of the molecule is CCOc1cc(N2CCC(N3CCN(CCc4cc(F)c(C(C)CCC(=O)NC=O)c(F)c4)CC3)CC2)c(CC)cc1Nc1ncc(C)c(Nc2cc(F)c3nc(CC)ccc3c2P(C)(C)=O)n1. The number of hydrogen-bond acceptors (Lipinski definition) is 12. The van der Waals surface area contributed by atoms with Crippen molar-refractivity contribution < 1.29 is 32.1 Å². The number of nitrogens with zero attached hydrogens (tertiary/aromatic N) is 6. The van der Waals surface area contributed by atoms with E-state index in [-0.39, 0.29) is 23.9 Å². The van der Waals surface area contributed by atoms with Gasteiger partial charge in [0.25, 0.3) is 0 Å². The topological polar surface area (TPSA) is 145 Å². The van der Waals surface area contributed by atoms with Crippen LogP contribution in [0.5, 0.6) is 5.75 Å². The molecule has 68 heavy (non-hydrogen) atoms. The summed E-state index contributed by atoms with van der Waals surface area (Å²) in [5.74, 6) is -1.23. The standard InChI is InChI=1S/C51H65F3N9O4P/c1-8-35-27-42(59-51-55-30-33(5)50(60-51)58-43-28-41(54)48-38(49(43)68(6,7)66)13-12-36(9-2)57-48)45(67-10-3)29-44(35)63-19-16-37(17-20-63)62-23-21-61(22-24-62)18-15-34-25-39(52)47(40(53)26-34)32(4)11-14-46(65)56-31-64/h12-13,25-32,37H,8-11,14-24H2,1-7H3,(H,56,64,65)(H2,55,58,59,60). The molecule has 1 atom stereocenters. The van der Waals surface area contributed by atoms with Gasteiger partial charge >= 0.3 is 0 Å². The predicted octanol–water partition coefficient (Wildman–Crippen LogP) is 8.99. The molecule has 0 spiro atoms. The lowest BCUT2D eigenvalue weighted by Crippen LogP contribution is -2.53. The molecule has 364 valence electrons. The maximum Gasteiger partial charge on any atom is 0.229 e. The maximum absolute atomic E-state index is 15.6. The molecule has 7 rings (SSSR count). The molecule has 0 aliphatic carbocycles. The Labute approximate surface area is 398 Å². The van der Waals surface area contributed by atoms with Crippen molar-refractivity contribution in [3.63, 3.8) is 0 Å². The number of hydrogen-bond donors (Lipinski definition) is 3. The molecule has 2 aliphatic heterocycles. The van der Waals surface area contributed by atoms with E-state index in [1.54, 1.807) is 32.5 Å². The largest absolute Gasteiger partial charge is 0.492 e. The average molecular weight is 956 g/mol. The van der Waals surface area contributed by atoms with E-state index in [0.29, 0.717) is 77.9 Å². The van der Waals surface area contributed by atoms with Crippen molar-refractivity contribution in [3.8, 4) is 5.75 Å². The lowest BCUT2D eigenvalue weighted by atomic mass is 9.93. The quantitative estimate of drug-likeness (QED) is 0.0537. The molecule has 1 unspecified atom stereocenters. The van der Waals surface area contributed by atoms with Gasteiger partial charge < -0.3 is 29.7 Å². The van der Waals surface area contributed by atoms with Crippen LogP contribution < -0.4 is 30.9 Å². The van der Waals surface area contributed by atoms with Crippen LogP contribution in [0.3, 0.4) is 0 Å². The second kappa shape index (κ2) is 22.2. The molecule has 2 fully saturated rings. The molecule has 4 heterocycles. The van der Waals surface area contributed by atoms with Gasteiger partial charge in [-0.15, -0.1) is 0 Å². The zero-order valence-corrected chi connectivity index (χ0v) is 41.2. The highest BCUT2D eigenvalue weighted by atomic mass is 31.2. The lowest BCUT2D eigenvalue weighted by molar-refractivity contribution is -0.125. The van der Waals surface area contributed by atoms with Crippen LogP contribution in [0.4, 0.5) is 42.0 Å².